The molecule has 2 saturated heterocycles. The van der Waals surface area contributed by atoms with Gasteiger partial charge in [-0.25, -0.2) is 13.2 Å². The Morgan fingerprint density at radius 1 is 1.15 bits per heavy atom. The molecule has 11 heteroatoms. The molecule has 0 unspecified atom stereocenters. The molecule has 0 aromatic heterocycles. The van der Waals surface area contributed by atoms with Crippen molar-refractivity contribution >= 4 is 33.3 Å². The zero-order valence-electron chi connectivity index (χ0n) is 18.2. The molecule has 2 aliphatic heterocycles. The van der Waals surface area contributed by atoms with E-state index in [4.69, 9.17) is 9.47 Å². The Morgan fingerprint density at radius 2 is 1.94 bits per heavy atom. The molecular formula is C22H26N4O6S. The van der Waals surface area contributed by atoms with Crippen LogP contribution in [-0.2, 0) is 14.8 Å². The molecule has 33 heavy (non-hydrogen) atoms. The monoisotopic (exact) mass is 474 g/mol. The van der Waals surface area contributed by atoms with Gasteiger partial charge in [-0.05, 0) is 43.3 Å². The summed E-state index contributed by atoms with van der Waals surface area (Å²) in [5.41, 5.74) is 1.28. The largest absolute Gasteiger partial charge is 0.492 e. The van der Waals surface area contributed by atoms with Crippen molar-refractivity contribution in [2.75, 3.05) is 56.2 Å². The van der Waals surface area contributed by atoms with E-state index in [-0.39, 0.29) is 29.8 Å². The topological polar surface area (TPSA) is 117 Å². The molecule has 176 valence electrons. The Hall–Kier alpha value is -3.15. The van der Waals surface area contributed by atoms with Crippen molar-refractivity contribution in [1.29, 1.82) is 0 Å². The maximum Gasteiger partial charge on any atom is 0.321 e. The second-order valence-electron chi connectivity index (χ2n) is 7.50. The Balaban J connectivity index is 1.59. The third-order valence-electron chi connectivity index (χ3n) is 5.37. The summed E-state index contributed by atoms with van der Waals surface area (Å²) in [5.74, 6) is -0.195. The summed E-state index contributed by atoms with van der Waals surface area (Å²) in [6.45, 7) is 4.29. The maximum atomic E-state index is 13.2. The minimum Gasteiger partial charge on any atom is -0.492 e. The van der Waals surface area contributed by atoms with Crippen LogP contribution in [0.4, 0.5) is 16.2 Å². The highest BCUT2D eigenvalue weighted by atomic mass is 32.2. The lowest BCUT2D eigenvalue weighted by Crippen LogP contribution is -2.40. The van der Waals surface area contributed by atoms with Gasteiger partial charge in [-0.1, -0.05) is 6.07 Å². The van der Waals surface area contributed by atoms with Crippen molar-refractivity contribution in [1.82, 2.24) is 9.62 Å². The van der Waals surface area contributed by atoms with Gasteiger partial charge in [-0.3, -0.25) is 9.69 Å². The van der Waals surface area contributed by atoms with Crippen molar-refractivity contribution in [3.63, 3.8) is 0 Å². The predicted octanol–water partition coefficient (Wildman–Crippen LogP) is 1.89. The lowest BCUT2D eigenvalue weighted by Gasteiger charge is -2.27. The van der Waals surface area contributed by atoms with Gasteiger partial charge in [0.05, 0.1) is 19.8 Å². The number of amides is 3. The molecule has 2 aromatic carbocycles. The average Bonchev–Trinajstić information content (AvgIpc) is 3.26. The van der Waals surface area contributed by atoms with Gasteiger partial charge in [0.25, 0.3) is 5.91 Å². The van der Waals surface area contributed by atoms with Crippen LogP contribution in [0.3, 0.4) is 0 Å². The summed E-state index contributed by atoms with van der Waals surface area (Å²) in [4.78, 5) is 26.4. The van der Waals surface area contributed by atoms with Crippen molar-refractivity contribution in [3.8, 4) is 5.75 Å². The summed E-state index contributed by atoms with van der Waals surface area (Å²) >= 11 is 0. The Labute approximate surface area is 192 Å². The minimum atomic E-state index is -3.84. The van der Waals surface area contributed by atoms with Gasteiger partial charge in [-0.15, -0.1) is 0 Å². The molecule has 2 N–H and O–H groups in total. The van der Waals surface area contributed by atoms with Crippen molar-refractivity contribution in [3.05, 3.63) is 48.0 Å². The molecule has 10 nitrogen and oxygen atoms in total. The SMILES string of the molecule is CCOc1ccc(NC(=O)c2cccc(N3CCNC3=O)c2)cc1S(=O)(=O)N1CCOCC1. The first kappa shape index (κ1) is 23.0. The van der Waals surface area contributed by atoms with E-state index in [0.717, 1.165) is 0 Å². The summed E-state index contributed by atoms with van der Waals surface area (Å²) in [6, 6.07) is 11.0. The number of hydrogen-bond donors (Lipinski definition) is 2. The number of urea groups is 1. The van der Waals surface area contributed by atoms with E-state index >= 15 is 0 Å². The second kappa shape index (κ2) is 9.77. The highest BCUT2D eigenvalue weighted by molar-refractivity contribution is 7.89. The number of sulfonamides is 1. The fourth-order valence-corrected chi connectivity index (χ4v) is 5.29. The van der Waals surface area contributed by atoms with Gasteiger partial charge in [-0.2, -0.15) is 4.31 Å². The zero-order chi connectivity index (χ0) is 23.4. The molecule has 3 amide bonds. The molecule has 0 aliphatic carbocycles. The van der Waals surface area contributed by atoms with E-state index in [1.165, 1.54) is 16.4 Å². The van der Waals surface area contributed by atoms with Crippen LogP contribution in [-0.4, -0.2) is 70.7 Å². The van der Waals surface area contributed by atoms with Crippen molar-refractivity contribution in [2.24, 2.45) is 0 Å². The maximum absolute atomic E-state index is 13.2. The van der Waals surface area contributed by atoms with E-state index in [1.807, 2.05) is 0 Å². The molecule has 2 fully saturated rings. The van der Waals surface area contributed by atoms with Crippen LogP contribution in [0.1, 0.15) is 17.3 Å². The lowest BCUT2D eigenvalue weighted by molar-refractivity contribution is 0.0729. The number of ether oxygens (including phenoxy) is 2. The lowest BCUT2D eigenvalue weighted by atomic mass is 10.1. The van der Waals surface area contributed by atoms with Crippen LogP contribution in [0, 0.1) is 0 Å². The number of rotatable bonds is 7. The van der Waals surface area contributed by atoms with Crippen molar-refractivity contribution < 1.29 is 27.5 Å². The van der Waals surface area contributed by atoms with Gasteiger partial charge in [0.1, 0.15) is 10.6 Å². The number of benzene rings is 2. The first-order valence-corrected chi connectivity index (χ1v) is 12.2. The quantitative estimate of drug-likeness (QED) is 0.633. The molecule has 0 bridgehead atoms. The van der Waals surface area contributed by atoms with Gasteiger partial charge >= 0.3 is 6.03 Å². The zero-order valence-corrected chi connectivity index (χ0v) is 19.1. The number of anilines is 2. The molecule has 0 radical (unpaired) electrons. The fourth-order valence-electron chi connectivity index (χ4n) is 3.72. The van der Waals surface area contributed by atoms with Crippen LogP contribution in [0.25, 0.3) is 0 Å². The molecule has 2 aromatic rings. The number of hydrogen-bond acceptors (Lipinski definition) is 6. The highest BCUT2D eigenvalue weighted by Gasteiger charge is 2.30. The number of carbonyl (C=O) groups is 2. The molecule has 0 atom stereocenters. The number of nitrogens with one attached hydrogen (secondary N) is 2. The normalized spacial score (nSPS) is 17.0. The Kier molecular flexibility index (Phi) is 6.82. The molecule has 2 aliphatic rings. The van der Waals surface area contributed by atoms with Crippen LogP contribution in [0.2, 0.25) is 0 Å². The molecule has 0 spiro atoms. The van der Waals surface area contributed by atoms with Crippen LogP contribution >= 0.6 is 0 Å². The first-order valence-electron chi connectivity index (χ1n) is 10.7. The van der Waals surface area contributed by atoms with Crippen molar-refractivity contribution in [2.45, 2.75) is 11.8 Å². The number of carbonyl (C=O) groups excluding carboxylic acids is 2. The standard InChI is InChI=1S/C22H26N4O6S/c1-2-32-19-7-6-17(15-20(19)33(29,30)25-10-12-31-13-11-25)24-21(27)16-4-3-5-18(14-16)26-9-8-23-22(26)28/h3-7,14-15H,2,8-13H2,1H3,(H,23,28)(H,24,27). The minimum absolute atomic E-state index is 0.00783. The summed E-state index contributed by atoms with van der Waals surface area (Å²) in [7, 11) is -3.84. The van der Waals surface area contributed by atoms with Gasteiger partial charge < -0.3 is 20.1 Å². The van der Waals surface area contributed by atoms with E-state index in [2.05, 4.69) is 10.6 Å². The predicted molar refractivity (Wildman–Crippen MR) is 122 cm³/mol. The molecule has 4 rings (SSSR count). The number of nitrogens with zero attached hydrogens (tertiary/aromatic N) is 2. The smallest absolute Gasteiger partial charge is 0.321 e. The van der Waals surface area contributed by atoms with E-state index < -0.39 is 15.9 Å². The van der Waals surface area contributed by atoms with E-state index in [0.29, 0.717) is 49.8 Å². The first-order chi connectivity index (χ1) is 15.9. The second-order valence-corrected chi connectivity index (χ2v) is 9.41. The highest BCUT2D eigenvalue weighted by Crippen LogP contribution is 2.31. The van der Waals surface area contributed by atoms with E-state index in [9.17, 15) is 18.0 Å². The third-order valence-corrected chi connectivity index (χ3v) is 7.29. The van der Waals surface area contributed by atoms with Gasteiger partial charge in [0.2, 0.25) is 10.0 Å². The van der Waals surface area contributed by atoms with Gasteiger partial charge in [0, 0.05) is 43.1 Å². The molecular weight excluding hydrogens is 448 g/mol. The summed E-state index contributed by atoms with van der Waals surface area (Å²) in [5, 5.41) is 5.48. The molecule has 0 saturated carbocycles. The Bertz CT molecular complexity index is 1150. The summed E-state index contributed by atoms with van der Waals surface area (Å²) in [6.07, 6.45) is 0. The average molecular weight is 475 g/mol. The van der Waals surface area contributed by atoms with Crippen LogP contribution in [0.15, 0.2) is 47.4 Å². The van der Waals surface area contributed by atoms with E-state index in [1.54, 1.807) is 42.2 Å². The third kappa shape index (κ3) is 4.95. The van der Waals surface area contributed by atoms with Crippen LogP contribution in [0.5, 0.6) is 5.75 Å². The fraction of sp³-hybridized carbons (Fsp3) is 0.364. The Morgan fingerprint density at radius 3 is 2.64 bits per heavy atom. The van der Waals surface area contributed by atoms with Crippen LogP contribution < -0.4 is 20.3 Å². The number of morpholine rings is 1. The molecule has 2 heterocycles. The summed E-state index contributed by atoms with van der Waals surface area (Å²) < 4.78 is 38.7. The van der Waals surface area contributed by atoms with Gasteiger partial charge in [0.15, 0.2) is 0 Å².